The second kappa shape index (κ2) is 8.72. The first-order chi connectivity index (χ1) is 12.6. The maximum Gasteiger partial charge on any atom is 0.407 e. The lowest BCUT2D eigenvalue weighted by Gasteiger charge is -2.33. The van der Waals surface area contributed by atoms with E-state index >= 15 is 0 Å². The van der Waals surface area contributed by atoms with Crippen LogP contribution in [0, 0.1) is 0 Å². The highest BCUT2D eigenvalue weighted by Crippen LogP contribution is 2.16. The van der Waals surface area contributed by atoms with E-state index in [1.165, 1.54) is 0 Å². The van der Waals surface area contributed by atoms with E-state index in [2.05, 4.69) is 5.32 Å². The van der Waals surface area contributed by atoms with Crippen molar-refractivity contribution in [2.45, 2.75) is 25.5 Å². The summed E-state index contributed by atoms with van der Waals surface area (Å²) in [5.74, 6) is -0.0502. The Morgan fingerprint density at radius 3 is 2.58 bits per heavy atom. The maximum atomic E-state index is 12.6. The molecule has 2 aromatic rings. The van der Waals surface area contributed by atoms with Gasteiger partial charge in [-0.3, -0.25) is 4.79 Å². The summed E-state index contributed by atoms with van der Waals surface area (Å²) >= 11 is 5.87. The zero-order valence-corrected chi connectivity index (χ0v) is 15.1. The van der Waals surface area contributed by atoms with Crippen molar-refractivity contribution in [1.29, 1.82) is 0 Å². The van der Waals surface area contributed by atoms with Gasteiger partial charge in [0, 0.05) is 29.7 Å². The molecule has 5 nitrogen and oxygen atoms in total. The predicted molar refractivity (Wildman–Crippen MR) is 100 cm³/mol. The van der Waals surface area contributed by atoms with Crippen molar-refractivity contribution in [2.24, 2.45) is 0 Å². The van der Waals surface area contributed by atoms with Gasteiger partial charge < -0.3 is 15.0 Å². The van der Waals surface area contributed by atoms with Gasteiger partial charge in [-0.1, -0.05) is 41.9 Å². The number of likely N-dealkylation sites (tertiary alicyclic amines) is 1. The van der Waals surface area contributed by atoms with Gasteiger partial charge in [0.25, 0.3) is 5.91 Å². The van der Waals surface area contributed by atoms with Crippen LogP contribution in [-0.2, 0) is 11.3 Å². The number of halogens is 1. The molecular weight excluding hydrogens is 352 g/mol. The Bertz CT molecular complexity index is 749. The van der Waals surface area contributed by atoms with Crippen LogP contribution >= 0.6 is 11.6 Å². The molecule has 1 aliphatic rings. The molecule has 1 saturated heterocycles. The molecule has 1 fully saturated rings. The third kappa shape index (κ3) is 4.99. The third-order valence-electron chi connectivity index (χ3n) is 4.33. The number of nitrogens with zero attached hydrogens (tertiary/aromatic N) is 1. The molecule has 6 heteroatoms. The number of amides is 2. The molecule has 0 aromatic heterocycles. The summed E-state index contributed by atoms with van der Waals surface area (Å²) in [6.45, 7) is 1.38. The zero-order chi connectivity index (χ0) is 18.4. The van der Waals surface area contributed by atoms with Crippen molar-refractivity contribution in [3.63, 3.8) is 0 Å². The first-order valence-electron chi connectivity index (χ1n) is 8.64. The predicted octanol–water partition coefficient (Wildman–Crippen LogP) is 3.87. The minimum atomic E-state index is -0.459. The average molecular weight is 373 g/mol. The van der Waals surface area contributed by atoms with Gasteiger partial charge in [-0.2, -0.15) is 0 Å². The van der Waals surface area contributed by atoms with E-state index in [9.17, 15) is 9.59 Å². The second-order valence-corrected chi connectivity index (χ2v) is 6.74. The molecule has 2 aromatic carbocycles. The highest BCUT2D eigenvalue weighted by atomic mass is 35.5. The Morgan fingerprint density at radius 2 is 1.85 bits per heavy atom. The van der Waals surface area contributed by atoms with E-state index in [0.29, 0.717) is 23.7 Å². The fraction of sp³-hybridized carbons (Fsp3) is 0.300. The summed E-state index contributed by atoms with van der Waals surface area (Å²) < 4.78 is 5.26. The fourth-order valence-electron chi connectivity index (χ4n) is 2.99. The van der Waals surface area contributed by atoms with Gasteiger partial charge in [0.1, 0.15) is 6.61 Å². The van der Waals surface area contributed by atoms with Crippen LogP contribution in [0.3, 0.4) is 0 Å². The molecule has 0 aliphatic carbocycles. The van der Waals surface area contributed by atoms with Gasteiger partial charge in [-0.25, -0.2) is 4.79 Å². The van der Waals surface area contributed by atoms with Gasteiger partial charge in [0.05, 0.1) is 0 Å². The van der Waals surface area contributed by atoms with Gasteiger partial charge in [-0.05, 0) is 42.7 Å². The molecule has 0 radical (unpaired) electrons. The van der Waals surface area contributed by atoms with E-state index in [-0.39, 0.29) is 18.6 Å². The van der Waals surface area contributed by atoms with E-state index < -0.39 is 6.09 Å². The molecule has 26 heavy (non-hydrogen) atoms. The smallest absolute Gasteiger partial charge is 0.407 e. The number of hydrogen-bond donors (Lipinski definition) is 1. The van der Waals surface area contributed by atoms with E-state index in [1.54, 1.807) is 29.2 Å². The van der Waals surface area contributed by atoms with Crippen molar-refractivity contribution in [3.8, 4) is 0 Å². The highest BCUT2D eigenvalue weighted by molar-refractivity contribution is 6.30. The Labute approximate surface area is 157 Å². The molecule has 1 aliphatic heterocycles. The normalized spacial score (nSPS) is 16.8. The van der Waals surface area contributed by atoms with Crippen molar-refractivity contribution in [2.75, 3.05) is 13.1 Å². The van der Waals surface area contributed by atoms with E-state index in [1.807, 2.05) is 30.3 Å². The number of benzene rings is 2. The van der Waals surface area contributed by atoms with Crippen LogP contribution < -0.4 is 5.32 Å². The van der Waals surface area contributed by atoms with Crippen LogP contribution in [-0.4, -0.2) is 36.0 Å². The molecule has 0 unspecified atom stereocenters. The molecule has 3 rings (SSSR count). The van der Waals surface area contributed by atoms with Gasteiger partial charge in [0.15, 0.2) is 0 Å². The first kappa shape index (κ1) is 18.3. The third-order valence-corrected chi connectivity index (χ3v) is 4.59. The number of carbonyl (C=O) groups excluding carboxylic acids is 2. The fourth-order valence-corrected chi connectivity index (χ4v) is 3.11. The summed E-state index contributed by atoms with van der Waals surface area (Å²) in [6, 6.07) is 16.3. The minimum Gasteiger partial charge on any atom is -0.445 e. The van der Waals surface area contributed by atoms with E-state index in [0.717, 1.165) is 18.4 Å². The van der Waals surface area contributed by atoms with Crippen molar-refractivity contribution >= 4 is 23.6 Å². The lowest BCUT2D eigenvalue weighted by atomic mass is 10.0. The van der Waals surface area contributed by atoms with Gasteiger partial charge >= 0.3 is 6.09 Å². The van der Waals surface area contributed by atoms with Gasteiger partial charge in [0.2, 0.25) is 0 Å². The number of alkyl carbamates (subject to hydrolysis) is 1. The first-order valence-corrected chi connectivity index (χ1v) is 9.01. The van der Waals surface area contributed by atoms with Crippen LogP contribution in [0.25, 0.3) is 0 Å². The molecule has 1 N–H and O–H groups in total. The highest BCUT2D eigenvalue weighted by Gasteiger charge is 2.25. The van der Waals surface area contributed by atoms with Crippen LogP contribution in [0.1, 0.15) is 28.8 Å². The minimum absolute atomic E-state index is 0.0502. The number of hydrogen-bond acceptors (Lipinski definition) is 3. The number of carbonyl (C=O) groups is 2. The monoisotopic (exact) mass is 372 g/mol. The zero-order valence-electron chi connectivity index (χ0n) is 14.4. The van der Waals surface area contributed by atoms with Crippen molar-refractivity contribution in [1.82, 2.24) is 10.2 Å². The molecule has 1 atom stereocenters. The Hall–Kier alpha value is -2.53. The number of nitrogens with one attached hydrogen (secondary N) is 1. The molecule has 0 bridgehead atoms. The number of ether oxygens (including phenoxy) is 1. The van der Waals surface area contributed by atoms with Crippen LogP contribution in [0.15, 0.2) is 54.6 Å². The lowest BCUT2D eigenvalue weighted by Crippen LogP contribution is -2.49. The summed E-state index contributed by atoms with van der Waals surface area (Å²) in [6.07, 6.45) is 1.20. The molecule has 0 spiro atoms. The average Bonchev–Trinajstić information content (AvgIpc) is 2.67. The largest absolute Gasteiger partial charge is 0.445 e. The second-order valence-electron chi connectivity index (χ2n) is 6.30. The Kier molecular flexibility index (Phi) is 6.12. The summed E-state index contributed by atoms with van der Waals surface area (Å²) in [7, 11) is 0. The summed E-state index contributed by atoms with van der Waals surface area (Å²) in [5, 5.41) is 3.46. The summed E-state index contributed by atoms with van der Waals surface area (Å²) in [5.41, 5.74) is 1.53. The number of piperidine rings is 1. The topological polar surface area (TPSA) is 58.6 Å². The molecular formula is C20H21ClN2O3. The Morgan fingerprint density at radius 1 is 1.12 bits per heavy atom. The molecule has 2 amide bonds. The van der Waals surface area contributed by atoms with Crippen LogP contribution in [0.2, 0.25) is 5.02 Å². The number of rotatable bonds is 4. The van der Waals surface area contributed by atoms with Crippen LogP contribution in [0.4, 0.5) is 4.79 Å². The van der Waals surface area contributed by atoms with E-state index in [4.69, 9.17) is 16.3 Å². The Balaban J connectivity index is 1.50. The molecule has 136 valence electrons. The molecule has 0 saturated carbocycles. The van der Waals surface area contributed by atoms with Crippen molar-refractivity contribution < 1.29 is 14.3 Å². The lowest BCUT2D eigenvalue weighted by molar-refractivity contribution is 0.0683. The molecule has 1 heterocycles. The summed E-state index contributed by atoms with van der Waals surface area (Å²) in [4.78, 5) is 26.4. The SMILES string of the molecule is O=C(N[C@@H]1CCCN(C(=O)c2ccc(Cl)cc2)C1)OCc1ccccc1. The maximum absolute atomic E-state index is 12.6. The van der Waals surface area contributed by atoms with Gasteiger partial charge in [-0.15, -0.1) is 0 Å². The standard InChI is InChI=1S/C20H21ClN2O3/c21-17-10-8-16(9-11-17)19(24)23-12-4-7-18(13-23)22-20(25)26-14-15-5-2-1-3-6-15/h1-3,5-6,8-11,18H,4,7,12-14H2,(H,22,25)/t18-/m1/s1. The van der Waals surface area contributed by atoms with Crippen molar-refractivity contribution in [3.05, 3.63) is 70.7 Å². The van der Waals surface area contributed by atoms with Crippen LogP contribution in [0.5, 0.6) is 0 Å². The quantitative estimate of drug-likeness (QED) is 0.886.